The number of nitrogens with two attached hydrogens (primary N) is 1. The van der Waals surface area contributed by atoms with Gasteiger partial charge in [0.05, 0.1) is 6.20 Å². The first kappa shape index (κ1) is 11.0. The first-order valence-corrected chi connectivity index (χ1v) is 5.77. The molecule has 0 amide bonds. The monoisotopic (exact) mass is 218 g/mol. The Kier molecular flexibility index (Phi) is 3.12. The van der Waals surface area contributed by atoms with E-state index in [1.54, 1.807) is 6.92 Å². The van der Waals surface area contributed by atoms with E-state index in [1.165, 1.54) is 6.20 Å². The number of anilines is 1. The van der Waals surface area contributed by atoms with Gasteiger partial charge in [-0.3, -0.25) is 5.10 Å². The van der Waals surface area contributed by atoms with E-state index in [2.05, 4.69) is 14.9 Å². The number of aromatic amines is 1. The van der Waals surface area contributed by atoms with Crippen LogP contribution in [-0.4, -0.2) is 24.7 Å². The molecule has 0 spiro atoms. The van der Waals surface area contributed by atoms with E-state index in [4.69, 9.17) is 5.73 Å². The van der Waals surface area contributed by atoms with Crippen LogP contribution in [0.4, 0.5) is 5.82 Å². The number of hydrogen-bond donors (Lipinski definition) is 3. The van der Waals surface area contributed by atoms with Crippen LogP contribution < -0.4 is 10.5 Å². The zero-order valence-electron chi connectivity index (χ0n) is 8.11. The third-order valence-corrected chi connectivity index (χ3v) is 3.51. The number of nitrogens with one attached hydrogen (secondary N) is 2. The van der Waals surface area contributed by atoms with Crippen LogP contribution in [0.2, 0.25) is 0 Å². The van der Waals surface area contributed by atoms with E-state index >= 15 is 0 Å². The van der Waals surface area contributed by atoms with Crippen molar-refractivity contribution in [3.05, 3.63) is 6.20 Å². The number of nitrogens with zero attached hydrogens (tertiary/aromatic N) is 1. The normalized spacial score (nSPS) is 14.1. The number of hydrogen-bond acceptors (Lipinski definition) is 4. The van der Waals surface area contributed by atoms with Crippen LogP contribution in [0, 0.1) is 0 Å². The summed E-state index contributed by atoms with van der Waals surface area (Å²) in [5, 5.41) is 5.93. The fraction of sp³-hybridized carbons (Fsp3) is 0.571. The molecule has 6 nitrogen and oxygen atoms in total. The quantitative estimate of drug-likeness (QED) is 0.665. The van der Waals surface area contributed by atoms with Crippen LogP contribution in [-0.2, 0) is 10.0 Å². The molecule has 14 heavy (non-hydrogen) atoms. The zero-order valence-corrected chi connectivity index (χ0v) is 8.93. The van der Waals surface area contributed by atoms with E-state index in [0.717, 1.165) is 6.42 Å². The number of rotatable bonds is 4. The predicted octanol–water partition coefficient (Wildman–Crippen LogP) is 0.0687. The maximum atomic E-state index is 11.6. The molecule has 80 valence electrons. The molecule has 0 aliphatic rings. The fourth-order valence-corrected chi connectivity index (χ4v) is 2.26. The number of H-pyrrole nitrogens is 1. The van der Waals surface area contributed by atoms with Gasteiger partial charge in [-0.2, -0.15) is 5.10 Å². The van der Waals surface area contributed by atoms with Crippen LogP contribution >= 0.6 is 0 Å². The van der Waals surface area contributed by atoms with Crippen LogP contribution in [0.3, 0.4) is 0 Å². The Morgan fingerprint density at radius 2 is 2.36 bits per heavy atom. The summed E-state index contributed by atoms with van der Waals surface area (Å²) >= 11 is 0. The molecule has 0 radical (unpaired) electrons. The maximum absolute atomic E-state index is 11.6. The van der Waals surface area contributed by atoms with Gasteiger partial charge in [-0.1, -0.05) is 6.92 Å². The van der Waals surface area contributed by atoms with Crippen molar-refractivity contribution in [2.45, 2.75) is 31.2 Å². The second-order valence-electron chi connectivity index (χ2n) is 3.08. The minimum absolute atomic E-state index is 0.00204. The molecule has 0 bridgehead atoms. The Morgan fingerprint density at radius 3 is 2.79 bits per heavy atom. The van der Waals surface area contributed by atoms with E-state index < -0.39 is 10.0 Å². The molecule has 1 unspecified atom stereocenters. The van der Waals surface area contributed by atoms with Gasteiger partial charge in [-0.25, -0.2) is 13.1 Å². The van der Waals surface area contributed by atoms with Gasteiger partial charge in [0.25, 0.3) is 0 Å². The summed E-state index contributed by atoms with van der Waals surface area (Å²) < 4.78 is 25.7. The zero-order chi connectivity index (χ0) is 10.8. The Morgan fingerprint density at radius 1 is 1.71 bits per heavy atom. The average Bonchev–Trinajstić information content (AvgIpc) is 2.51. The standard InChI is InChI=1S/C7H14N4O2S/c1-3-5(2)11-14(12,13)6-4-9-10-7(6)8/h4-5,11H,3H2,1-2H3,(H3,8,9,10). The molecule has 1 atom stereocenters. The summed E-state index contributed by atoms with van der Waals surface area (Å²) in [5.41, 5.74) is 5.41. The van der Waals surface area contributed by atoms with Crippen molar-refractivity contribution in [2.75, 3.05) is 5.73 Å². The summed E-state index contributed by atoms with van der Waals surface area (Å²) in [5.74, 6) is 0.0563. The fourth-order valence-electron chi connectivity index (χ4n) is 0.911. The largest absolute Gasteiger partial charge is 0.383 e. The predicted molar refractivity (Wildman–Crippen MR) is 53.1 cm³/mol. The molecule has 0 saturated heterocycles. The maximum Gasteiger partial charge on any atom is 0.246 e. The van der Waals surface area contributed by atoms with Crippen molar-refractivity contribution >= 4 is 15.8 Å². The molecule has 0 saturated carbocycles. The summed E-state index contributed by atoms with van der Waals surface area (Å²) in [7, 11) is -3.53. The van der Waals surface area contributed by atoms with Crippen molar-refractivity contribution in [1.82, 2.24) is 14.9 Å². The van der Waals surface area contributed by atoms with Gasteiger partial charge in [-0.15, -0.1) is 0 Å². The van der Waals surface area contributed by atoms with Crippen LogP contribution in [0.15, 0.2) is 11.1 Å². The molecule has 0 aromatic carbocycles. The van der Waals surface area contributed by atoms with Gasteiger partial charge in [0, 0.05) is 6.04 Å². The molecule has 1 heterocycles. The molecule has 1 aromatic rings. The first-order valence-electron chi connectivity index (χ1n) is 4.28. The highest BCUT2D eigenvalue weighted by Crippen LogP contribution is 2.14. The van der Waals surface area contributed by atoms with E-state index in [9.17, 15) is 8.42 Å². The lowest BCUT2D eigenvalue weighted by Crippen LogP contribution is -2.32. The Balaban J connectivity index is 2.92. The lowest BCUT2D eigenvalue weighted by Gasteiger charge is -2.10. The summed E-state index contributed by atoms with van der Waals surface area (Å²) in [4.78, 5) is -0.00204. The van der Waals surface area contributed by atoms with E-state index in [1.807, 2.05) is 6.92 Å². The van der Waals surface area contributed by atoms with Gasteiger partial charge < -0.3 is 5.73 Å². The molecule has 0 fully saturated rings. The lowest BCUT2D eigenvalue weighted by atomic mass is 10.3. The SMILES string of the molecule is CCC(C)NS(=O)(=O)c1cn[nH]c1N. The van der Waals surface area contributed by atoms with Crippen LogP contribution in [0.25, 0.3) is 0 Å². The number of nitrogen functional groups attached to an aromatic ring is 1. The minimum Gasteiger partial charge on any atom is -0.383 e. The van der Waals surface area contributed by atoms with Crippen molar-refractivity contribution < 1.29 is 8.42 Å². The molecule has 1 rings (SSSR count). The third-order valence-electron chi connectivity index (χ3n) is 1.89. The summed E-state index contributed by atoms with van der Waals surface area (Å²) in [6.07, 6.45) is 1.91. The van der Waals surface area contributed by atoms with Gasteiger partial charge in [0.2, 0.25) is 10.0 Å². The number of sulfonamides is 1. The summed E-state index contributed by atoms with van der Waals surface area (Å²) in [6.45, 7) is 3.68. The highest BCUT2D eigenvalue weighted by Gasteiger charge is 2.20. The van der Waals surface area contributed by atoms with Crippen molar-refractivity contribution in [3.8, 4) is 0 Å². The Labute approximate surface area is 82.9 Å². The van der Waals surface area contributed by atoms with Crippen LogP contribution in [0.1, 0.15) is 20.3 Å². The highest BCUT2D eigenvalue weighted by molar-refractivity contribution is 7.89. The molecular weight excluding hydrogens is 204 g/mol. The van der Waals surface area contributed by atoms with Crippen molar-refractivity contribution in [2.24, 2.45) is 0 Å². The molecule has 1 aromatic heterocycles. The minimum atomic E-state index is -3.53. The lowest BCUT2D eigenvalue weighted by molar-refractivity contribution is 0.556. The van der Waals surface area contributed by atoms with E-state index in [0.29, 0.717) is 0 Å². The van der Waals surface area contributed by atoms with Crippen LogP contribution in [0.5, 0.6) is 0 Å². The van der Waals surface area contributed by atoms with Gasteiger partial charge >= 0.3 is 0 Å². The molecule has 7 heteroatoms. The van der Waals surface area contributed by atoms with Crippen molar-refractivity contribution in [3.63, 3.8) is 0 Å². The summed E-state index contributed by atoms with van der Waals surface area (Å²) in [6, 6.07) is -0.116. The smallest absolute Gasteiger partial charge is 0.246 e. The molecular formula is C7H14N4O2S. The van der Waals surface area contributed by atoms with Gasteiger partial charge in [0.15, 0.2) is 0 Å². The van der Waals surface area contributed by atoms with Gasteiger partial charge in [0.1, 0.15) is 10.7 Å². The van der Waals surface area contributed by atoms with E-state index in [-0.39, 0.29) is 16.8 Å². The first-order chi connectivity index (χ1) is 6.47. The highest BCUT2D eigenvalue weighted by atomic mass is 32.2. The average molecular weight is 218 g/mol. The van der Waals surface area contributed by atoms with Gasteiger partial charge in [-0.05, 0) is 13.3 Å². The second-order valence-corrected chi connectivity index (χ2v) is 4.76. The third kappa shape index (κ3) is 2.24. The topological polar surface area (TPSA) is 101 Å². The Hall–Kier alpha value is -1.08. The number of aromatic nitrogens is 2. The second kappa shape index (κ2) is 3.97. The Bertz CT molecular complexity index is 398. The molecule has 0 aliphatic carbocycles. The molecule has 4 N–H and O–H groups in total. The molecule has 0 aliphatic heterocycles. The van der Waals surface area contributed by atoms with Crippen molar-refractivity contribution in [1.29, 1.82) is 0 Å².